The van der Waals surface area contributed by atoms with E-state index in [9.17, 15) is 27.5 Å². The molecule has 2 aromatic carbocycles. The Bertz CT molecular complexity index is 888. The number of carbonyl (C=O) groups is 1. The van der Waals surface area contributed by atoms with Crippen LogP contribution in [0.4, 0.5) is 23.2 Å². The largest absolute Gasteiger partial charge is 0.490 e. The first-order valence-corrected chi connectivity index (χ1v) is 8.02. The van der Waals surface area contributed by atoms with Crippen molar-refractivity contribution in [2.24, 2.45) is 0 Å². The van der Waals surface area contributed by atoms with Crippen LogP contribution in [0.25, 0.3) is 0 Å². The van der Waals surface area contributed by atoms with Crippen molar-refractivity contribution < 1.29 is 32.2 Å². The van der Waals surface area contributed by atoms with Crippen molar-refractivity contribution in [3.8, 4) is 11.8 Å². The highest BCUT2D eigenvalue weighted by molar-refractivity contribution is 5.90. The number of benzene rings is 2. The zero-order valence-electron chi connectivity index (χ0n) is 14.7. The standard InChI is InChI=1S/C19H16F4N2O3/c1-18(27,11-28-15-6-3-13(20)4-7-15)17(26)10-25-14-5-2-12(9-24)16(8-14)19(21,22)23/h2-8,25,27H,10-11H2,1H3. The first-order valence-electron chi connectivity index (χ1n) is 8.02. The lowest BCUT2D eigenvalue weighted by atomic mass is 10.0. The van der Waals surface area contributed by atoms with Crippen molar-refractivity contribution in [3.63, 3.8) is 0 Å². The molecule has 148 valence electrons. The van der Waals surface area contributed by atoms with Crippen molar-refractivity contribution in [2.75, 3.05) is 18.5 Å². The number of nitriles is 1. The van der Waals surface area contributed by atoms with E-state index in [1.807, 2.05) is 0 Å². The van der Waals surface area contributed by atoms with E-state index >= 15 is 0 Å². The number of Topliss-reactive ketones (excluding diaryl/α,β-unsaturated/α-hetero) is 1. The summed E-state index contributed by atoms with van der Waals surface area (Å²) in [6.07, 6.45) is -4.72. The minimum Gasteiger partial charge on any atom is -0.490 e. The summed E-state index contributed by atoms with van der Waals surface area (Å²) in [5, 5.41) is 21.5. The molecule has 5 nitrogen and oxygen atoms in total. The minimum absolute atomic E-state index is 0.0325. The number of hydrogen-bond acceptors (Lipinski definition) is 5. The fourth-order valence-corrected chi connectivity index (χ4v) is 2.19. The van der Waals surface area contributed by atoms with Gasteiger partial charge >= 0.3 is 6.18 Å². The maximum atomic E-state index is 13.0. The number of alkyl halides is 3. The van der Waals surface area contributed by atoms with Crippen LogP contribution in [0.1, 0.15) is 18.1 Å². The molecule has 1 atom stereocenters. The molecule has 2 aromatic rings. The molecule has 9 heteroatoms. The zero-order valence-corrected chi connectivity index (χ0v) is 14.7. The van der Waals surface area contributed by atoms with Gasteiger partial charge in [0.05, 0.1) is 23.7 Å². The van der Waals surface area contributed by atoms with Crippen molar-refractivity contribution in [1.82, 2.24) is 0 Å². The summed E-state index contributed by atoms with van der Waals surface area (Å²) in [6.45, 7) is 0.295. The Labute approximate surface area is 158 Å². The number of ketones is 1. The highest BCUT2D eigenvalue weighted by Gasteiger charge is 2.34. The Balaban J connectivity index is 2.00. The van der Waals surface area contributed by atoms with Crippen molar-refractivity contribution in [2.45, 2.75) is 18.7 Å². The van der Waals surface area contributed by atoms with Gasteiger partial charge in [0, 0.05) is 5.69 Å². The van der Waals surface area contributed by atoms with E-state index in [1.54, 1.807) is 0 Å². The van der Waals surface area contributed by atoms with E-state index in [0.29, 0.717) is 0 Å². The maximum absolute atomic E-state index is 13.0. The molecule has 2 rings (SSSR count). The summed E-state index contributed by atoms with van der Waals surface area (Å²) in [5.41, 5.74) is -3.63. The van der Waals surface area contributed by atoms with E-state index in [1.165, 1.54) is 31.2 Å². The first-order chi connectivity index (χ1) is 13.0. The molecular weight excluding hydrogens is 380 g/mol. The third kappa shape index (κ3) is 5.44. The molecule has 0 aliphatic heterocycles. The highest BCUT2D eigenvalue weighted by atomic mass is 19.4. The van der Waals surface area contributed by atoms with Crippen LogP contribution in [0.5, 0.6) is 5.75 Å². The van der Waals surface area contributed by atoms with Gasteiger partial charge in [-0.05, 0) is 49.4 Å². The Morgan fingerprint density at radius 1 is 1.21 bits per heavy atom. The van der Waals surface area contributed by atoms with Crippen molar-refractivity contribution in [3.05, 3.63) is 59.4 Å². The Hall–Kier alpha value is -3.12. The molecule has 0 saturated heterocycles. The molecule has 0 fully saturated rings. The third-order valence-corrected chi connectivity index (χ3v) is 3.83. The monoisotopic (exact) mass is 396 g/mol. The first kappa shape index (κ1) is 21.2. The fourth-order valence-electron chi connectivity index (χ4n) is 2.19. The second-order valence-corrected chi connectivity index (χ2v) is 6.16. The van der Waals surface area contributed by atoms with Gasteiger partial charge < -0.3 is 15.2 Å². The van der Waals surface area contributed by atoms with Gasteiger partial charge in [0.2, 0.25) is 0 Å². The molecule has 0 heterocycles. The summed E-state index contributed by atoms with van der Waals surface area (Å²) in [5.74, 6) is -0.961. The molecule has 0 aliphatic carbocycles. The van der Waals surface area contributed by atoms with Crippen LogP contribution in [-0.4, -0.2) is 29.6 Å². The SMILES string of the molecule is CC(O)(COc1ccc(F)cc1)C(=O)CNc1ccc(C#N)c(C(F)(F)F)c1. The number of aliphatic hydroxyl groups is 1. The predicted octanol–water partition coefficient (Wildman–Crippen LogP) is 3.53. The summed E-state index contributed by atoms with van der Waals surface area (Å²) in [7, 11) is 0. The Morgan fingerprint density at radius 2 is 1.86 bits per heavy atom. The van der Waals surface area contributed by atoms with E-state index in [2.05, 4.69) is 5.32 Å². The topological polar surface area (TPSA) is 82.3 Å². The van der Waals surface area contributed by atoms with Crippen LogP contribution in [0.2, 0.25) is 0 Å². The predicted molar refractivity (Wildman–Crippen MR) is 92.2 cm³/mol. The lowest BCUT2D eigenvalue weighted by Crippen LogP contribution is -2.44. The van der Waals surface area contributed by atoms with E-state index in [4.69, 9.17) is 10.00 Å². The number of carbonyl (C=O) groups excluding carboxylic acids is 1. The van der Waals surface area contributed by atoms with Crippen LogP contribution in [0.15, 0.2) is 42.5 Å². The van der Waals surface area contributed by atoms with Crippen LogP contribution >= 0.6 is 0 Å². The third-order valence-electron chi connectivity index (χ3n) is 3.83. The molecule has 28 heavy (non-hydrogen) atoms. The molecule has 0 saturated carbocycles. The van der Waals surface area contributed by atoms with Crippen molar-refractivity contribution in [1.29, 1.82) is 5.26 Å². The van der Waals surface area contributed by atoms with E-state index in [-0.39, 0.29) is 11.4 Å². The number of hydrogen-bond donors (Lipinski definition) is 2. The van der Waals surface area contributed by atoms with Gasteiger partial charge in [-0.3, -0.25) is 4.79 Å². The normalized spacial score (nSPS) is 13.3. The molecule has 0 aliphatic rings. The van der Waals surface area contributed by atoms with Crippen LogP contribution in [0.3, 0.4) is 0 Å². The molecule has 2 N–H and O–H groups in total. The minimum atomic E-state index is -4.72. The van der Waals surface area contributed by atoms with Gasteiger partial charge in [-0.15, -0.1) is 0 Å². The van der Waals surface area contributed by atoms with Crippen molar-refractivity contribution >= 4 is 11.5 Å². The van der Waals surface area contributed by atoms with Crippen LogP contribution < -0.4 is 10.1 Å². The maximum Gasteiger partial charge on any atom is 0.417 e. The number of rotatable bonds is 7. The number of nitrogens with zero attached hydrogens (tertiary/aromatic N) is 1. The van der Waals surface area contributed by atoms with Gasteiger partial charge in [0.25, 0.3) is 0 Å². The molecule has 0 spiro atoms. The number of anilines is 1. The van der Waals surface area contributed by atoms with Gasteiger partial charge in [-0.1, -0.05) is 0 Å². The van der Waals surface area contributed by atoms with Gasteiger partial charge in [-0.25, -0.2) is 4.39 Å². The lowest BCUT2D eigenvalue weighted by Gasteiger charge is -2.22. The summed E-state index contributed by atoms with van der Waals surface area (Å²) >= 11 is 0. The Morgan fingerprint density at radius 3 is 2.43 bits per heavy atom. The van der Waals surface area contributed by atoms with E-state index in [0.717, 1.165) is 24.3 Å². The molecule has 0 amide bonds. The van der Waals surface area contributed by atoms with Crippen LogP contribution in [-0.2, 0) is 11.0 Å². The van der Waals surface area contributed by atoms with Crippen LogP contribution in [0, 0.1) is 17.1 Å². The van der Waals surface area contributed by atoms with E-state index < -0.39 is 47.7 Å². The molecule has 0 bridgehead atoms. The average molecular weight is 396 g/mol. The number of ether oxygens (including phenoxy) is 1. The Kier molecular flexibility index (Phi) is 6.26. The lowest BCUT2D eigenvalue weighted by molar-refractivity contribution is -0.137. The molecule has 0 aromatic heterocycles. The molecular formula is C19H16F4N2O3. The zero-order chi connectivity index (χ0) is 20.9. The quantitative estimate of drug-likeness (QED) is 0.700. The second kappa shape index (κ2) is 8.27. The number of nitrogens with one attached hydrogen (secondary N) is 1. The average Bonchev–Trinajstić information content (AvgIpc) is 2.64. The summed E-state index contributed by atoms with van der Waals surface area (Å²) in [6, 6.07) is 9.34. The molecule has 1 unspecified atom stereocenters. The summed E-state index contributed by atoms with van der Waals surface area (Å²) < 4.78 is 57.0. The van der Waals surface area contributed by atoms with Gasteiger partial charge in [0.15, 0.2) is 11.4 Å². The van der Waals surface area contributed by atoms with Gasteiger partial charge in [-0.2, -0.15) is 18.4 Å². The number of halogens is 4. The fraction of sp³-hybridized carbons (Fsp3) is 0.263. The summed E-state index contributed by atoms with van der Waals surface area (Å²) in [4.78, 5) is 12.2. The smallest absolute Gasteiger partial charge is 0.417 e. The van der Waals surface area contributed by atoms with Gasteiger partial charge in [0.1, 0.15) is 18.2 Å². The molecule has 0 radical (unpaired) electrons. The highest BCUT2D eigenvalue weighted by Crippen LogP contribution is 2.33. The second-order valence-electron chi connectivity index (χ2n) is 6.16.